The Morgan fingerprint density at radius 3 is 2.55 bits per heavy atom. The van der Waals surface area contributed by atoms with Crippen molar-refractivity contribution in [1.82, 2.24) is 35.5 Å². The van der Waals surface area contributed by atoms with E-state index in [2.05, 4.69) is 31.0 Å². The zero-order valence-corrected chi connectivity index (χ0v) is 21.5. The second-order valence-corrected chi connectivity index (χ2v) is 9.85. The van der Waals surface area contributed by atoms with E-state index in [0.717, 1.165) is 27.8 Å². The fraction of sp³-hybridized carbons (Fsp3) is 0.222. The fourth-order valence-electron chi connectivity index (χ4n) is 4.53. The van der Waals surface area contributed by atoms with Gasteiger partial charge in [0.2, 0.25) is 17.6 Å². The van der Waals surface area contributed by atoms with Crippen molar-refractivity contribution in [3.8, 4) is 17.2 Å². The van der Waals surface area contributed by atoms with Crippen molar-refractivity contribution >= 4 is 34.3 Å². The number of para-hydroxylation sites is 1. The molecule has 38 heavy (non-hydrogen) atoms. The van der Waals surface area contributed by atoms with E-state index in [-0.39, 0.29) is 17.5 Å². The Balaban J connectivity index is 1.20. The molecule has 5 aromatic rings. The number of hydrogen-bond acceptors (Lipinski definition) is 6. The van der Waals surface area contributed by atoms with E-state index in [1.807, 2.05) is 60.0 Å². The average molecular weight is 530 g/mol. The van der Waals surface area contributed by atoms with Gasteiger partial charge < -0.3 is 19.7 Å². The molecule has 1 aliphatic carbocycles. The highest BCUT2D eigenvalue weighted by Crippen LogP contribution is 2.39. The molecule has 0 bridgehead atoms. The van der Waals surface area contributed by atoms with Gasteiger partial charge in [-0.15, -0.1) is 0 Å². The van der Waals surface area contributed by atoms with Crippen molar-refractivity contribution in [1.29, 1.82) is 0 Å². The van der Waals surface area contributed by atoms with Gasteiger partial charge in [0.15, 0.2) is 0 Å². The van der Waals surface area contributed by atoms with Gasteiger partial charge in [0, 0.05) is 30.2 Å². The Bertz CT molecular complexity index is 1680. The van der Waals surface area contributed by atoms with Gasteiger partial charge >= 0.3 is 0 Å². The van der Waals surface area contributed by atoms with Crippen molar-refractivity contribution in [3.63, 3.8) is 0 Å². The third-order valence-corrected chi connectivity index (χ3v) is 7.06. The van der Waals surface area contributed by atoms with E-state index in [1.165, 1.54) is 0 Å². The number of carbonyl (C=O) groups excluding carboxylic acids is 2. The quantitative estimate of drug-likeness (QED) is 0.289. The van der Waals surface area contributed by atoms with Crippen molar-refractivity contribution in [2.75, 3.05) is 0 Å². The molecule has 6 rings (SSSR count). The maximum absolute atomic E-state index is 12.9. The highest BCUT2D eigenvalue weighted by atomic mass is 35.5. The second-order valence-electron chi connectivity index (χ2n) is 9.47. The van der Waals surface area contributed by atoms with Gasteiger partial charge in [-0.3, -0.25) is 14.7 Å². The molecule has 3 N–H and O–H groups in total. The SMILES string of the molecule is Cc1cc(C(=O)NC2(C(=O)NCc3ccc(-n4c(-c5noc(C)n5)c(Cl)c5ccccc54)cc3)CC2)n[nH]1. The number of halogens is 1. The summed E-state index contributed by atoms with van der Waals surface area (Å²) in [7, 11) is 0. The minimum Gasteiger partial charge on any atom is -0.350 e. The molecule has 192 valence electrons. The van der Waals surface area contributed by atoms with Gasteiger partial charge in [0.05, 0.1) is 10.5 Å². The molecule has 3 aromatic heterocycles. The van der Waals surface area contributed by atoms with Crippen molar-refractivity contribution in [2.24, 2.45) is 0 Å². The Morgan fingerprint density at radius 1 is 1.13 bits per heavy atom. The molecule has 2 amide bonds. The molecular formula is C27H24ClN7O3. The minimum absolute atomic E-state index is 0.208. The summed E-state index contributed by atoms with van der Waals surface area (Å²) in [5.41, 5.74) is 3.49. The van der Waals surface area contributed by atoms with Crippen LogP contribution in [-0.4, -0.2) is 42.3 Å². The van der Waals surface area contributed by atoms with E-state index in [9.17, 15) is 9.59 Å². The first kappa shape index (κ1) is 23.9. The first-order valence-corrected chi connectivity index (χ1v) is 12.5. The summed E-state index contributed by atoms with van der Waals surface area (Å²) in [6.07, 6.45) is 1.18. The van der Waals surface area contributed by atoms with Crippen LogP contribution in [0.1, 0.15) is 40.5 Å². The van der Waals surface area contributed by atoms with Crippen molar-refractivity contribution < 1.29 is 14.1 Å². The minimum atomic E-state index is -0.887. The zero-order chi connectivity index (χ0) is 26.4. The standard InChI is InChI=1S/C27H24ClN7O3/c1-15-13-20(33-32-15)25(36)31-27(11-12-27)26(37)29-14-17-7-9-18(10-8-17)35-21-6-4-3-5-19(21)22(28)23(35)24-30-16(2)38-34-24/h3-10,13H,11-12,14H2,1-2H3,(H,29,37)(H,31,36)(H,32,33). The lowest BCUT2D eigenvalue weighted by Gasteiger charge is -2.17. The summed E-state index contributed by atoms with van der Waals surface area (Å²) in [5.74, 6) is 0.279. The van der Waals surface area contributed by atoms with Gasteiger partial charge in [-0.05, 0) is 49.6 Å². The zero-order valence-electron chi connectivity index (χ0n) is 20.7. The molecule has 0 unspecified atom stereocenters. The molecular weight excluding hydrogens is 506 g/mol. The number of aromatic amines is 1. The molecule has 10 nitrogen and oxygen atoms in total. The smallest absolute Gasteiger partial charge is 0.272 e. The molecule has 0 atom stereocenters. The van der Waals surface area contributed by atoms with E-state index in [0.29, 0.717) is 41.8 Å². The number of amides is 2. The molecule has 0 aliphatic heterocycles. The van der Waals surface area contributed by atoms with Crippen LogP contribution in [0.5, 0.6) is 0 Å². The molecule has 11 heteroatoms. The van der Waals surface area contributed by atoms with Crippen LogP contribution in [0.15, 0.2) is 59.1 Å². The summed E-state index contributed by atoms with van der Waals surface area (Å²) in [6.45, 7) is 3.87. The topological polar surface area (TPSA) is 131 Å². The summed E-state index contributed by atoms with van der Waals surface area (Å²) in [6, 6.07) is 17.3. The van der Waals surface area contributed by atoms with E-state index in [4.69, 9.17) is 16.1 Å². The van der Waals surface area contributed by atoms with E-state index < -0.39 is 5.54 Å². The van der Waals surface area contributed by atoms with Gasteiger partial charge in [0.1, 0.15) is 16.9 Å². The maximum Gasteiger partial charge on any atom is 0.272 e. The van der Waals surface area contributed by atoms with Crippen molar-refractivity contribution in [2.45, 2.75) is 38.8 Å². The first-order valence-electron chi connectivity index (χ1n) is 12.2. The summed E-state index contributed by atoms with van der Waals surface area (Å²) in [4.78, 5) is 29.8. The average Bonchev–Trinajstić information content (AvgIpc) is 3.21. The van der Waals surface area contributed by atoms with Gasteiger partial charge in [0.25, 0.3) is 5.91 Å². The van der Waals surface area contributed by atoms with Gasteiger partial charge in [-0.1, -0.05) is 47.1 Å². The van der Waals surface area contributed by atoms with Gasteiger partial charge in [-0.25, -0.2) is 0 Å². The Labute approximate surface area is 222 Å². The van der Waals surface area contributed by atoms with Crippen LogP contribution in [0.3, 0.4) is 0 Å². The van der Waals surface area contributed by atoms with Crippen LogP contribution in [0.4, 0.5) is 0 Å². The number of benzene rings is 2. The van der Waals surface area contributed by atoms with Crippen LogP contribution in [0.2, 0.25) is 5.02 Å². The largest absolute Gasteiger partial charge is 0.350 e. The fourth-order valence-corrected chi connectivity index (χ4v) is 4.85. The summed E-state index contributed by atoms with van der Waals surface area (Å²) >= 11 is 6.77. The number of rotatable bonds is 7. The normalized spacial score (nSPS) is 14.0. The highest BCUT2D eigenvalue weighted by Gasteiger charge is 2.51. The third-order valence-electron chi connectivity index (χ3n) is 6.68. The van der Waals surface area contributed by atoms with Crippen LogP contribution >= 0.6 is 11.6 Å². The highest BCUT2D eigenvalue weighted by molar-refractivity contribution is 6.38. The van der Waals surface area contributed by atoms with E-state index in [1.54, 1.807) is 13.0 Å². The second kappa shape index (κ2) is 9.14. The number of aryl methyl sites for hydroxylation is 2. The third kappa shape index (κ3) is 4.22. The molecule has 1 saturated carbocycles. The van der Waals surface area contributed by atoms with Crippen LogP contribution < -0.4 is 10.6 Å². The lowest BCUT2D eigenvalue weighted by molar-refractivity contribution is -0.124. The Kier molecular flexibility index (Phi) is 5.76. The lowest BCUT2D eigenvalue weighted by Crippen LogP contribution is -2.48. The summed E-state index contributed by atoms with van der Waals surface area (Å²) < 4.78 is 7.21. The summed E-state index contributed by atoms with van der Waals surface area (Å²) in [5, 5.41) is 18.0. The number of hydrogen-bond donors (Lipinski definition) is 3. The molecule has 1 fully saturated rings. The van der Waals surface area contributed by atoms with Gasteiger partial charge in [-0.2, -0.15) is 10.1 Å². The molecule has 0 radical (unpaired) electrons. The maximum atomic E-state index is 12.9. The first-order chi connectivity index (χ1) is 18.3. The Hall–Kier alpha value is -4.44. The lowest BCUT2D eigenvalue weighted by atomic mass is 10.1. The molecule has 3 heterocycles. The number of aromatic nitrogens is 5. The predicted molar refractivity (Wildman–Crippen MR) is 141 cm³/mol. The number of H-pyrrole nitrogens is 1. The van der Waals surface area contributed by atoms with Crippen molar-refractivity contribution in [3.05, 3.63) is 82.5 Å². The molecule has 2 aromatic carbocycles. The van der Waals surface area contributed by atoms with Crippen LogP contribution in [-0.2, 0) is 11.3 Å². The van der Waals surface area contributed by atoms with E-state index >= 15 is 0 Å². The molecule has 0 saturated heterocycles. The number of nitrogens with one attached hydrogen (secondary N) is 3. The molecule has 1 aliphatic rings. The van der Waals surface area contributed by atoms with Crippen LogP contribution in [0, 0.1) is 13.8 Å². The monoisotopic (exact) mass is 529 g/mol. The predicted octanol–water partition coefficient (Wildman–Crippen LogP) is 4.25. The number of carbonyl (C=O) groups is 2. The Morgan fingerprint density at radius 2 is 1.89 bits per heavy atom. The number of fused-ring (bicyclic) bond motifs is 1. The van der Waals surface area contributed by atoms with Crippen LogP contribution in [0.25, 0.3) is 28.1 Å². The molecule has 0 spiro atoms. The number of nitrogens with zero attached hydrogens (tertiary/aromatic N) is 4.